The number of ether oxygens (including phenoxy) is 2. The maximum Gasteiger partial charge on any atom is 0.220 e. The Hall–Kier alpha value is -2.11. The molecule has 1 saturated heterocycles. The van der Waals surface area contributed by atoms with E-state index in [2.05, 4.69) is 67.8 Å². The van der Waals surface area contributed by atoms with Gasteiger partial charge in [0.15, 0.2) is 6.29 Å². The van der Waals surface area contributed by atoms with Gasteiger partial charge in [0.25, 0.3) is 0 Å². The minimum Gasteiger partial charge on any atom is -0.394 e. The quantitative estimate of drug-likeness (QED) is 0.0262. The Kier molecular flexibility index (Phi) is 40.0. The zero-order valence-corrected chi connectivity index (χ0v) is 39.6. The number of carbonyl (C=O) groups is 1. The van der Waals surface area contributed by atoms with Crippen molar-refractivity contribution >= 4 is 5.91 Å². The predicted octanol–water partition coefficient (Wildman–Crippen LogP) is 11.6. The van der Waals surface area contributed by atoms with Crippen molar-refractivity contribution in [3.63, 3.8) is 0 Å². The maximum atomic E-state index is 13.0. The van der Waals surface area contributed by atoms with Crippen LogP contribution in [0.4, 0.5) is 0 Å². The predicted molar refractivity (Wildman–Crippen MR) is 258 cm³/mol. The van der Waals surface area contributed by atoms with Crippen LogP contribution in [0.5, 0.6) is 0 Å². The van der Waals surface area contributed by atoms with Gasteiger partial charge in [0.05, 0.1) is 25.4 Å². The normalized spacial score (nSPS) is 20.8. The standard InChI is InChI=1S/C53H95NO8/c1-3-5-7-9-11-13-15-17-18-19-20-21-22-23-24-25-26-27-28-29-30-31-33-35-37-39-41-43-49(57)54-46(45-61-53-52(60)51(59)50(58)48(44-55)62-53)47(56)42-40-38-36-34-32-16-14-12-10-8-6-4-2/h10,12,20-21,23-24,32,34,40,42,46-48,50-53,55-56,58-60H,3-9,11,13-19,22,25-31,33,35-39,41,43-45H2,1-2H3,(H,54,57)/b12-10+,21-20-,24-23-,34-32+,42-40+. The number of aliphatic hydroxyl groups is 5. The van der Waals surface area contributed by atoms with E-state index in [-0.39, 0.29) is 12.5 Å². The Bertz CT molecular complexity index is 1150. The molecule has 1 heterocycles. The molecule has 1 aliphatic rings. The van der Waals surface area contributed by atoms with Crippen LogP contribution in [0.3, 0.4) is 0 Å². The lowest BCUT2D eigenvalue weighted by Crippen LogP contribution is -2.60. The van der Waals surface area contributed by atoms with Gasteiger partial charge in [0, 0.05) is 6.42 Å². The van der Waals surface area contributed by atoms with Gasteiger partial charge >= 0.3 is 0 Å². The van der Waals surface area contributed by atoms with Gasteiger partial charge in [-0.25, -0.2) is 0 Å². The molecule has 0 aromatic rings. The number of hydrogen-bond donors (Lipinski definition) is 6. The molecule has 0 bridgehead atoms. The van der Waals surface area contributed by atoms with Crippen molar-refractivity contribution in [2.24, 2.45) is 0 Å². The first-order chi connectivity index (χ1) is 30.3. The number of allylic oxidation sites excluding steroid dienone is 9. The van der Waals surface area contributed by atoms with Crippen LogP contribution in [-0.4, -0.2) is 87.5 Å². The van der Waals surface area contributed by atoms with E-state index in [4.69, 9.17) is 9.47 Å². The molecule has 7 unspecified atom stereocenters. The summed E-state index contributed by atoms with van der Waals surface area (Å²) in [5, 5.41) is 54.2. The monoisotopic (exact) mass is 874 g/mol. The lowest BCUT2D eigenvalue weighted by molar-refractivity contribution is -0.302. The van der Waals surface area contributed by atoms with Crippen LogP contribution < -0.4 is 5.32 Å². The van der Waals surface area contributed by atoms with Gasteiger partial charge < -0.3 is 40.3 Å². The van der Waals surface area contributed by atoms with Crippen LogP contribution >= 0.6 is 0 Å². The molecule has 0 radical (unpaired) electrons. The van der Waals surface area contributed by atoms with Gasteiger partial charge in [0.1, 0.15) is 24.4 Å². The van der Waals surface area contributed by atoms with E-state index in [1.165, 1.54) is 135 Å². The van der Waals surface area contributed by atoms with E-state index in [9.17, 15) is 30.3 Å². The largest absolute Gasteiger partial charge is 0.394 e. The summed E-state index contributed by atoms with van der Waals surface area (Å²) in [6, 6.07) is -0.830. The maximum absolute atomic E-state index is 13.0. The molecule has 0 aromatic carbocycles. The Morgan fingerprint density at radius 1 is 0.548 bits per heavy atom. The van der Waals surface area contributed by atoms with Crippen LogP contribution in [-0.2, 0) is 14.3 Å². The molecule has 1 amide bonds. The Balaban J connectivity index is 2.23. The third kappa shape index (κ3) is 32.5. The first kappa shape index (κ1) is 57.9. The zero-order valence-electron chi connectivity index (χ0n) is 39.6. The molecule has 1 fully saturated rings. The van der Waals surface area contributed by atoms with Gasteiger partial charge in [0.2, 0.25) is 5.91 Å². The van der Waals surface area contributed by atoms with Crippen LogP contribution in [0, 0.1) is 0 Å². The van der Waals surface area contributed by atoms with E-state index in [0.29, 0.717) is 6.42 Å². The average molecular weight is 874 g/mol. The molecule has 1 rings (SSSR count). The smallest absolute Gasteiger partial charge is 0.220 e. The van der Waals surface area contributed by atoms with Gasteiger partial charge in [-0.15, -0.1) is 0 Å². The second-order valence-corrected chi connectivity index (χ2v) is 17.6. The summed E-state index contributed by atoms with van der Waals surface area (Å²) in [5.74, 6) is -0.196. The molecule has 0 aliphatic carbocycles. The van der Waals surface area contributed by atoms with Crippen molar-refractivity contribution in [3.05, 3.63) is 60.8 Å². The molecule has 360 valence electrons. The van der Waals surface area contributed by atoms with E-state index in [1.54, 1.807) is 6.08 Å². The fourth-order valence-electron chi connectivity index (χ4n) is 7.67. The second kappa shape index (κ2) is 42.8. The molecule has 6 N–H and O–H groups in total. The van der Waals surface area contributed by atoms with Crippen molar-refractivity contribution < 1.29 is 39.8 Å². The Morgan fingerprint density at radius 2 is 0.984 bits per heavy atom. The number of amides is 1. The summed E-state index contributed by atoms with van der Waals surface area (Å²) < 4.78 is 11.2. The minimum atomic E-state index is -1.58. The molecule has 1 aliphatic heterocycles. The highest BCUT2D eigenvalue weighted by Crippen LogP contribution is 2.22. The highest BCUT2D eigenvalue weighted by atomic mass is 16.7. The number of aliphatic hydroxyl groups excluding tert-OH is 5. The molecule has 62 heavy (non-hydrogen) atoms. The molecule has 0 saturated carbocycles. The first-order valence-electron chi connectivity index (χ1n) is 25.5. The van der Waals surface area contributed by atoms with Crippen molar-refractivity contribution in [3.8, 4) is 0 Å². The van der Waals surface area contributed by atoms with Crippen molar-refractivity contribution in [1.82, 2.24) is 5.32 Å². The summed E-state index contributed by atoms with van der Waals surface area (Å²) >= 11 is 0. The first-order valence-corrected chi connectivity index (χ1v) is 25.5. The van der Waals surface area contributed by atoms with Crippen LogP contribution in [0.25, 0.3) is 0 Å². The number of carbonyl (C=O) groups excluding carboxylic acids is 1. The van der Waals surface area contributed by atoms with Gasteiger partial charge in [-0.1, -0.05) is 197 Å². The highest BCUT2D eigenvalue weighted by Gasteiger charge is 2.44. The summed E-state index contributed by atoms with van der Waals surface area (Å²) in [6.45, 7) is 3.70. The molecule has 7 atom stereocenters. The molecule has 9 nitrogen and oxygen atoms in total. The molecule has 0 spiro atoms. The lowest BCUT2D eigenvalue weighted by atomic mass is 9.99. The van der Waals surface area contributed by atoms with Crippen LogP contribution in [0.2, 0.25) is 0 Å². The van der Waals surface area contributed by atoms with Crippen LogP contribution in [0.15, 0.2) is 60.8 Å². The number of hydrogen-bond acceptors (Lipinski definition) is 8. The van der Waals surface area contributed by atoms with Gasteiger partial charge in [-0.05, 0) is 70.6 Å². The third-order valence-electron chi connectivity index (χ3n) is 11.8. The lowest BCUT2D eigenvalue weighted by Gasteiger charge is -2.40. The van der Waals surface area contributed by atoms with Gasteiger partial charge in [-0.2, -0.15) is 0 Å². The summed E-state index contributed by atoms with van der Waals surface area (Å²) in [7, 11) is 0. The number of unbranched alkanes of at least 4 members (excludes halogenated alkanes) is 24. The zero-order chi connectivity index (χ0) is 45.1. The van der Waals surface area contributed by atoms with E-state index in [0.717, 1.165) is 57.8 Å². The van der Waals surface area contributed by atoms with E-state index in [1.807, 2.05) is 6.08 Å². The molecule has 0 aromatic heterocycles. The van der Waals surface area contributed by atoms with Crippen molar-refractivity contribution in [2.75, 3.05) is 13.2 Å². The topological polar surface area (TPSA) is 149 Å². The summed E-state index contributed by atoms with van der Waals surface area (Å²) in [6.07, 6.45) is 50.0. The Morgan fingerprint density at radius 3 is 1.50 bits per heavy atom. The molecule has 9 heteroatoms. The number of nitrogens with one attached hydrogen (secondary N) is 1. The fourth-order valence-corrected chi connectivity index (χ4v) is 7.67. The Labute approximate surface area is 379 Å². The van der Waals surface area contributed by atoms with Crippen LogP contribution in [0.1, 0.15) is 213 Å². The van der Waals surface area contributed by atoms with Crippen molar-refractivity contribution in [2.45, 2.75) is 256 Å². The minimum absolute atomic E-state index is 0.196. The van der Waals surface area contributed by atoms with Gasteiger partial charge in [-0.3, -0.25) is 4.79 Å². The highest BCUT2D eigenvalue weighted by molar-refractivity contribution is 5.76. The average Bonchev–Trinajstić information content (AvgIpc) is 3.27. The van der Waals surface area contributed by atoms with Crippen molar-refractivity contribution in [1.29, 1.82) is 0 Å². The van der Waals surface area contributed by atoms with E-state index < -0.39 is 49.5 Å². The second-order valence-electron chi connectivity index (χ2n) is 17.6. The fraction of sp³-hybridized carbons (Fsp3) is 0.792. The third-order valence-corrected chi connectivity index (χ3v) is 11.8. The number of rotatable bonds is 42. The summed E-state index contributed by atoms with van der Waals surface area (Å²) in [4.78, 5) is 13.0. The molecular weight excluding hydrogens is 779 g/mol. The molecular formula is C53H95NO8. The van der Waals surface area contributed by atoms with E-state index >= 15 is 0 Å². The summed E-state index contributed by atoms with van der Waals surface area (Å²) in [5.41, 5.74) is 0. The SMILES string of the molecule is CCCC/C=C/CC/C=C/CC/C=C/C(O)C(COC1OC(CO)C(O)C(O)C1O)NC(=O)CCCCCCCCCCCCC/C=C\C/C=C\CCCCCCCCCCC.